The molecule has 2 aromatic rings. The summed E-state index contributed by atoms with van der Waals surface area (Å²) in [5.41, 5.74) is 1.09. The highest BCUT2D eigenvalue weighted by molar-refractivity contribution is 5.94. The topological polar surface area (TPSA) is 74.4 Å². The molecule has 32 heavy (non-hydrogen) atoms. The van der Waals surface area contributed by atoms with E-state index in [2.05, 4.69) is 10.3 Å². The lowest BCUT2D eigenvalue weighted by Crippen LogP contribution is -2.61. The summed E-state index contributed by atoms with van der Waals surface area (Å²) in [7, 11) is 0. The van der Waals surface area contributed by atoms with Crippen molar-refractivity contribution in [1.29, 1.82) is 0 Å². The van der Waals surface area contributed by atoms with E-state index in [1.165, 1.54) is 6.42 Å². The molecule has 1 aliphatic carbocycles. The Morgan fingerprint density at radius 3 is 2.66 bits per heavy atom. The molecule has 2 N–H and O–H groups in total. The predicted molar refractivity (Wildman–Crippen MR) is 126 cm³/mol. The van der Waals surface area contributed by atoms with Crippen molar-refractivity contribution < 1.29 is 14.3 Å². The summed E-state index contributed by atoms with van der Waals surface area (Å²) < 4.78 is 5.88. The van der Waals surface area contributed by atoms with Crippen molar-refractivity contribution in [2.75, 3.05) is 13.2 Å². The molecule has 1 aromatic heterocycles. The van der Waals surface area contributed by atoms with Crippen LogP contribution in [0.1, 0.15) is 70.8 Å². The van der Waals surface area contributed by atoms with Crippen LogP contribution in [0.2, 0.25) is 0 Å². The van der Waals surface area contributed by atoms with Gasteiger partial charge in [-0.15, -0.1) is 0 Å². The number of hydrogen-bond donors (Lipinski definition) is 2. The maximum absolute atomic E-state index is 13.7. The average molecular weight is 440 g/mol. The molecule has 174 valence electrons. The summed E-state index contributed by atoms with van der Waals surface area (Å²) >= 11 is 0. The van der Waals surface area contributed by atoms with Gasteiger partial charge in [0.1, 0.15) is 5.54 Å². The molecule has 1 aliphatic heterocycles. The predicted octanol–water partition coefficient (Wildman–Crippen LogP) is 4.34. The third-order valence-corrected chi connectivity index (χ3v) is 7.44. The molecular formula is C26H37N3O3. The van der Waals surface area contributed by atoms with Crippen molar-refractivity contribution in [2.24, 2.45) is 0 Å². The van der Waals surface area contributed by atoms with Crippen LogP contribution in [0.4, 0.5) is 0 Å². The molecule has 4 rings (SSSR count). The molecular weight excluding hydrogens is 402 g/mol. The van der Waals surface area contributed by atoms with E-state index >= 15 is 0 Å². The zero-order valence-electron chi connectivity index (χ0n) is 19.5. The van der Waals surface area contributed by atoms with Crippen LogP contribution in [0.3, 0.4) is 0 Å². The van der Waals surface area contributed by atoms with Crippen molar-refractivity contribution in [3.8, 4) is 0 Å². The molecule has 2 amide bonds. The number of aromatic amines is 1. The highest BCUT2D eigenvalue weighted by Gasteiger charge is 2.42. The van der Waals surface area contributed by atoms with Gasteiger partial charge in [0.25, 0.3) is 0 Å². The van der Waals surface area contributed by atoms with E-state index in [9.17, 15) is 9.59 Å². The quantitative estimate of drug-likeness (QED) is 0.643. The van der Waals surface area contributed by atoms with Crippen molar-refractivity contribution in [2.45, 2.75) is 89.3 Å². The lowest BCUT2D eigenvalue weighted by Gasteiger charge is -2.42. The number of ether oxygens (including phenoxy) is 1. The van der Waals surface area contributed by atoms with E-state index in [4.69, 9.17) is 4.74 Å². The zero-order valence-corrected chi connectivity index (χ0v) is 19.5. The van der Waals surface area contributed by atoms with E-state index in [1.807, 2.05) is 49.2 Å². The molecule has 2 atom stereocenters. The number of para-hydroxylation sites is 1. The highest BCUT2D eigenvalue weighted by atomic mass is 16.5. The minimum absolute atomic E-state index is 0.00438. The second-order valence-electron chi connectivity index (χ2n) is 9.61. The summed E-state index contributed by atoms with van der Waals surface area (Å²) in [6.45, 7) is 5.12. The molecule has 6 heteroatoms. The summed E-state index contributed by atoms with van der Waals surface area (Å²) in [6, 6.07) is 8.24. The molecule has 1 saturated carbocycles. The van der Waals surface area contributed by atoms with Gasteiger partial charge in [-0.1, -0.05) is 44.4 Å². The van der Waals surface area contributed by atoms with Crippen LogP contribution in [0, 0.1) is 0 Å². The number of nitrogens with one attached hydrogen (secondary N) is 2. The number of benzene rings is 1. The van der Waals surface area contributed by atoms with Gasteiger partial charge in [0, 0.05) is 36.3 Å². The van der Waals surface area contributed by atoms with E-state index in [0.717, 1.165) is 61.6 Å². The lowest BCUT2D eigenvalue weighted by atomic mass is 9.90. The summed E-state index contributed by atoms with van der Waals surface area (Å²) in [5, 5.41) is 4.34. The van der Waals surface area contributed by atoms with Gasteiger partial charge in [0.2, 0.25) is 11.8 Å². The van der Waals surface area contributed by atoms with Gasteiger partial charge in [-0.3, -0.25) is 9.59 Å². The Kier molecular flexibility index (Phi) is 7.19. The fraction of sp³-hybridized carbons (Fsp3) is 0.615. The largest absolute Gasteiger partial charge is 0.376 e. The van der Waals surface area contributed by atoms with Gasteiger partial charge in [0.15, 0.2) is 0 Å². The third kappa shape index (κ3) is 4.85. The van der Waals surface area contributed by atoms with Crippen molar-refractivity contribution in [3.05, 3.63) is 36.0 Å². The van der Waals surface area contributed by atoms with Crippen LogP contribution < -0.4 is 5.32 Å². The van der Waals surface area contributed by atoms with Crippen LogP contribution in [0.15, 0.2) is 30.5 Å². The van der Waals surface area contributed by atoms with Gasteiger partial charge in [-0.2, -0.15) is 0 Å². The third-order valence-electron chi connectivity index (χ3n) is 7.44. The second kappa shape index (κ2) is 10.1. The van der Waals surface area contributed by atoms with Gasteiger partial charge in [0.05, 0.1) is 12.5 Å². The number of hydrogen-bond acceptors (Lipinski definition) is 3. The summed E-state index contributed by atoms with van der Waals surface area (Å²) in [4.78, 5) is 32.3. The summed E-state index contributed by atoms with van der Waals surface area (Å²) in [5.74, 6) is -0.0504. The number of aromatic nitrogens is 1. The highest BCUT2D eigenvalue weighted by Crippen LogP contribution is 2.27. The van der Waals surface area contributed by atoms with E-state index in [1.54, 1.807) is 0 Å². The average Bonchev–Trinajstić information content (AvgIpc) is 3.48. The molecule has 6 nitrogen and oxygen atoms in total. The number of carbonyl (C=O) groups excluding carboxylic acids is 2. The van der Waals surface area contributed by atoms with Crippen LogP contribution >= 0.6 is 0 Å². The van der Waals surface area contributed by atoms with Gasteiger partial charge >= 0.3 is 0 Å². The van der Waals surface area contributed by atoms with Crippen LogP contribution in [0.25, 0.3) is 10.9 Å². The van der Waals surface area contributed by atoms with Gasteiger partial charge in [-0.05, 0) is 50.7 Å². The van der Waals surface area contributed by atoms with Crippen LogP contribution in [-0.4, -0.2) is 52.5 Å². The molecule has 2 fully saturated rings. The number of H-pyrrole nitrogens is 1. The number of carbonyl (C=O) groups is 2. The molecule has 0 bridgehead atoms. The lowest BCUT2D eigenvalue weighted by molar-refractivity contribution is -0.149. The Bertz CT molecular complexity index is 927. The fourth-order valence-electron chi connectivity index (χ4n) is 5.17. The van der Waals surface area contributed by atoms with Crippen molar-refractivity contribution >= 4 is 22.7 Å². The Balaban J connectivity index is 1.57. The maximum Gasteiger partial charge on any atom is 0.245 e. The molecule has 0 unspecified atom stereocenters. The SMILES string of the molecule is CC[C@](C)(C(=O)NC1CCCCC1)N(C[C@H]1CCCO1)C(=O)Cc1c[nH]c2ccccc12. The first-order chi connectivity index (χ1) is 15.5. The van der Waals surface area contributed by atoms with Crippen molar-refractivity contribution in [1.82, 2.24) is 15.2 Å². The molecule has 0 radical (unpaired) electrons. The Morgan fingerprint density at radius 1 is 1.16 bits per heavy atom. The molecule has 0 spiro atoms. The van der Waals surface area contributed by atoms with Crippen molar-refractivity contribution in [3.63, 3.8) is 0 Å². The summed E-state index contributed by atoms with van der Waals surface area (Å²) in [6.07, 6.45) is 10.3. The molecule has 2 heterocycles. The first-order valence-electron chi connectivity index (χ1n) is 12.3. The number of nitrogens with zero attached hydrogens (tertiary/aromatic N) is 1. The normalized spacial score (nSPS) is 21.4. The number of amides is 2. The first kappa shape index (κ1) is 22.8. The zero-order chi connectivity index (χ0) is 22.6. The number of fused-ring (bicyclic) bond motifs is 1. The first-order valence-corrected chi connectivity index (χ1v) is 12.3. The van der Waals surface area contributed by atoms with Crippen LogP contribution in [0.5, 0.6) is 0 Å². The van der Waals surface area contributed by atoms with E-state index < -0.39 is 5.54 Å². The van der Waals surface area contributed by atoms with E-state index in [0.29, 0.717) is 13.0 Å². The molecule has 2 aliphatic rings. The minimum atomic E-state index is -0.896. The standard InChI is InChI=1S/C26H37N3O3/c1-3-26(2,25(31)28-20-10-5-4-6-11-20)29(18-21-12-9-15-32-21)24(30)16-19-17-27-23-14-8-7-13-22(19)23/h7-8,13-14,17,20-21,27H,3-6,9-12,15-16,18H2,1-2H3,(H,28,31)/t21-,26-/m1/s1. The maximum atomic E-state index is 13.7. The molecule has 1 saturated heterocycles. The smallest absolute Gasteiger partial charge is 0.245 e. The van der Waals surface area contributed by atoms with E-state index in [-0.39, 0.29) is 30.4 Å². The monoisotopic (exact) mass is 439 g/mol. The Morgan fingerprint density at radius 2 is 1.94 bits per heavy atom. The van der Waals surface area contributed by atoms with Gasteiger partial charge < -0.3 is 19.9 Å². The Labute approximate surface area is 191 Å². The second-order valence-corrected chi connectivity index (χ2v) is 9.61. The van der Waals surface area contributed by atoms with Crippen LogP contribution in [-0.2, 0) is 20.7 Å². The molecule has 1 aromatic carbocycles. The minimum Gasteiger partial charge on any atom is -0.376 e. The fourth-order valence-corrected chi connectivity index (χ4v) is 5.17. The Hall–Kier alpha value is -2.34. The number of rotatable bonds is 8. The van der Waals surface area contributed by atoms with Gasteiger partial charge in [-0.25, -0.2) is 0 Å².